The van der Waals surface area contributed by atoms with Crippen LogP contribution in [0.2, 0.25) is 0 Å². The molecule has 8 aromatic carbocycles. The topological polar surface area (TPSA) is 14.2 Å². The lowest BCUT2D eigenvalue weighted by molar-refractivity contribution is 0.418. The maximum absolute atomic E-state index is 6.07. The van der Waals surface area contributed by atoms with Crippen LogP contribution < -0.4 is 4.74 Å². The van der Waals surface area contributed by atoms with Crippen molar-refractivity contribution in [3.8, 4) is 55.9 Å². The Morgan fingerprint density at radius 3 is 1.72 bits per heavy atom. The second kappa shape index (κ2) is 12.5. The molecular weight excluding hydrogens is 643 g/mol. The molecule has 1 aromatic heterocycles. The Morgan fingerprint density at radius 2 is 1.00 bits per heavy atom. The van der Waals surface area contributed by atoms with E-state index in [9.17, 15) is 0 Å². The summed E-state index contributed by atoms with van der Waals surface area (Å²) in [6, 6.07) is 66.4. The van der Waals surface area contributed by atoms with Crippen molar-refractivity contribution in [2.24, 2.45) is 0 Å². The summed E-state index contributed by atoms with van der Waals surface area (Å²) in [5, 5.41) is 2.49. The fourth-order valence-corrected chi connectivity index (χ4v) is 8.67. The highest BCUT2D eigenvalue weighted by atomic mass is 16.5. The van der Waals surface area contributed by atoms with Crippen LogP contribution in [0.4, 0.5) is 0 Å². The Kier molecular flexibility index (Phi) is 7.37. The summed E-state index contributed by atoms with van der Waals surface area (Å²) in [5.74, 6) is 1.12. The minimum absolute atomic E-state index is 0.223. The standard InChI is InChI=1S/C51H37NO/c1-33-29-45(34-13-4-3-5-14-34)51(53-2)46(30-33)35-23-26-39(27-24-35)52-48-22-11-10-19-42(48)47-32-37(25-28-49(47)52)36-15-12-16-38(31-36)50-43-20-8-6-17-40(43)41-18-7-9-21-44(41)50/h3-32,50H,1-2H3. The lowest BCUT2D eigenvalue weighted by Gasteiger charge is -2.16. The van der Waals surface area contributed by atoms with Crippen LogP contribution in [0, 0.1) is 6.92 Å². The van der Waals surface area contributed by atoms with Crippen LogP contribution in [0.1, 0.15) is 28.2 Å². The number of hydrogen-bond donors (Lipinski definition) is 0. The van der Waals surface area contributed by atoms with Gasteiger partial charge in [-0.2, -0.15) is 0 Å². The molecule has 0 amide bonds. The van der Waals surface area contributed by atoms with E-state index in [2.05, 4.69) is 187 Å². The zero-order valence-electron chi connectivity index (χ0n) is 29.8. The highest BCUT2D eigenvalue weighted by molar-refractivity contribution is 6.10. The zero-order chi connectivity index (χ0) is 35.5. The molecule has 252 valence electrons. The summed E-state index contributed by atoms with van der Waals surface area (Å²) in [5.41, 5.74) is 18.4. The molecule has 1 heterocycles. The molecule has 53 heavy (non-hydrogen) atoms. The molecule has 0 saturated carbocycles. The SMILES string of the molecule is COc1c(-c2ccccc2)cc(C)cc1-c1ccc(-n2c3ccccc3c3cc(-c4cccc(C5c6ccccc6-c6ccccc65)c4)ccc32)cc1. The van der Waals surface area contributed by atoms with E-state index in [1.165, 1.54) is 66.3 Å². The van der Waals surface area contributed by atoms with Crippen molar-refractivity contribution in [1.29, 1.82) is 0 Å². The molecule has 2 heteroatoms. The molecule has 0 unspecified atom stereocenters. The van der Waals surface area contributed by atoms with E-state index >= 15 is 0 Å². The number of aryl methyl sites for hydroxylation is 1. The number of para-hydroxylation sites is 1. The Bertz CT molecular complexity index is 2780. The Balaban J connectivity index is 1.05. The van der Waals surface area contributed by atoms with Crippen LogP contribution in [0.3, 0.4) is 0 Å². The van der Waals surface area contributed by atoms with Gasteiger partial charge in [-0.05, 0) is 105 Å². The Labute approximate surface area is 310 Å². The first-order chi connectivity index (χ1) is 26.2. The molecule has 0 spiro atoms. The molecule has 0 radical (unpaired) electrons. The molecule has 0 saturated heterocycles. The van der Waals surface area contributed by atoms with Crippen molar-refractivity contribution in [2.45, 2.75) is 12.8 Å². The first-order valence-corrected chi connectivity index (χ1v) is 18.3. The van der Waals surface area contributed by atoms with Crippen molar-refractivity contribution in [2.75, 3.05) is 7.11 Å². The van der Waals surface area contributed by atoms with Gasteiger partial charge in [0, 0.05) is 33.5 Å². The quantitative estimate of drug-likeness (QED) is 0.171. The van der Waals surface area contributed by atoms with Gasteiger partial charge in [-0.1, -0.05) is 140 Å². The molecule has 0 fully saturated rings. The van der Waals surface area contributed by atoms with Crippen molar-refractivity contribution in [1.82, 2.24) is 4.57 Å². The highest BCUT2D eigenvalue weighted by Gasteiger charge is 2.29. The molecule has 10 rings (SSSR count). The number of rotatable bonds is 6. The zero-order valence-corrected chi connectivity index (χ0v) is 29.8. The lowest BCUT2D eigenvalue weighted by Crippen LogP contribution is -1.99. The van der Waals surface area contributed by atoms with Gasteiger partial charge in [0.1, 0.15) is 5.75 Å². The maximum atomic E-state index is 6.07. The van der Waals surface area contributed by atoms with Crippen LogP contribution in [0.15, 0.2) is 182 Å². The first kappa shape index (κ1) is 31.1. The smallest absolute Gasteiger partial charge is 0.134 e. The molecule has 1 aliphatic carbocycles. The number of benzene rings is 8. The van der Waals surface area contributed by atoms with Crippen molar-refractivity contribution < 1.29 is 4.74 Å². The predicted octanol–water partition coefficient (Wildman–Crippen LogP) is 13.3. The van der Waals surface area contributed by atoms with E-state index in [-0.39, 0.29) is 5.92 Å². The molecular formula is C51H37NO. The third kappa shape index (κ3) is 5.10. The van der Waals surface area contributed by atoms with E-state index < -0.39 is 0 Å². The number of nitrogens with zero attached hydrogens (tertiary/aromatic N) is 1. The summed E-state index contributed by atoms with van der Waals surface area (Å²) >= 11 is 0. The van der Waals surface area contributed by atoms with Gasteiger partial charge in [-0.3, -0.25) is 0 Å². The van der Waals surface area contributed by atoms with E-state index in [1.807, 2.05) is 6.07 Å². The van der Waals surface area contributed by atoms with Gasteiger partial charge in [-0.15, -0.1) is 0 Å². The maximum Gasteiger partial charge on any atom is 0.134 e. The van der Waals surface area contributed by atoms with Gasteiger partial charge in [0.15, 0.2) is 0 Å². The molecule has 0 bridgehead atoms. The van der Waals surface area contributed by atoms with E-state index in [0.717, 1.165) is 33.7 Å². The number of methoxy groups -OCH3 is 1. The van der Waals surface area contributed by atoms with Crippen LogP contribution in [-0.4, -0.2) is 11.7 Å². The predicted molar refractivity (Wildman–Crippen MR) is 221 cm³/mol. The second-order valence-electron chi connectivity index (χ2n) is 14.1. The van der Waals surface area contributed by atoms with Crippen LogP contribution in [0.25, 0.3) is 72.0 Å². The van der Waals surface area contributed by atoms with Crippen LogP contribution in [0.5, 0.6) is 5.75 Å². The molecule has 2 nitrogen and oxygen atoms in total. The molecule has 0 aliphatic heterocycles. The van der Waals surface area contributed by atoms with E-state index in [4.69, 9.17) is 4.74 Å². The van der Waals surface area contributed by atoms with Gasteiger partial charge >= 0.3 is 0 Å². The van der Waals surface area contributed by atoms with E-state index in [1.54, 1.807) is 7.11 Å². The van der Waals surface area contributed by atoms with Crippen molar-refractivity contribution >= 4 is 21.8 Å². The molecule has 9 aromatic rings. The minimum Gasteiger partial charge on any atom is -0.495 e. The summed E-state index contributed by atoms with van der Waals surface area (Å²) in [4.78, 5) is 0. The normalized spacial score (nSPS) is 12.3. The first-order valence-electron chi connectivity index (χ1n) is 18.3. The fourth-order valence-electron chi connectivity index (χ4n) is 8.67. The minimum atomic E-state index is 0.223. The van der Waals surface area contributed by atoms with Crippen molar-refractivity contribution in [3.63, 3.8) is 0 Å². The Hall–Kier alpha value is -6.64. The van der Waals surface area contributed by atoms with Gasteiger partial charge in [0.25, 0.3) is 0 Å². The number of fused-ring (bicyclic) bond motifs is 6. The van der Waals surface area contributed by atoms with E-state index in [0.29, 0.717) is 0 Å². The monoisotopic (exact) mass is 679 g/mol. The third-order valence-corrected chi connectivity index (χ3v) is 11.0. The van der Waals surface area contributed by atoms with Crippen LogP contribution in [-0.2, 0) is 0 Å². The van der Waals surface area contributed by atoms with Gasteiger partial charge in [0.05, 0.1) is 18.1 Å². The highest BCUT2D eigenvalue weighted by Crippen LogP contribution is 2.48. The lowest BCUT2D eigenvalue weighted by atomic mass is 9.87. The average Bonchev–Trinajstić information content (AvgIpc) is 3.74. The fraction of sp³-hybridized carbons (Fsp3) is 0.0588. The molecule has 1 aliphatic rings. The largest absolute Gasteiger partial charge is 0.495 e. The average molecular weight is 680 g/mol. The summed E-state index contributed by atoms with van der Waals surface area (Å²) in [6.07, 6.45) is 0. The van der Waals surface area contributed by atoms with Crippen LogP contribution >= 0.6 is 0 Å². The number of ether oxygens (including phenoxy) is 1. The molecule has 0 N–H and O–H groups in total. The molecule has 0 atom stereocenters. The summed E-state index contributed by atoms with van der Waals surface area (Å²) in [7, 11) is 1.77. The van der Waals surface area contributed by atoms with Gasteiger partial charge in [0.2, 0.25) is 0 Å². The van der Waals surface area contributed by atoms with Gasteiger partial charge in [-0.25, -0.2) is 0 Å². The summed E-state index contributed by atoms with van der Waals surface area (Å²) in [6.45, 7) is 2.15. The van der Waals surface area contributed by atoms with Gasteiger partial charge < -0.3 is 9.30 Å². The third-order valence-electron chi connectivity index (χ3n) is 11.0. The number of hydrogen-bond acceptors (Lipinski definition) is 1. The summed E-state index contributed by atoms with van der Waals surface area (Å²) < 4.78 is 8.46. The van der Waals surface area contributed by atoms with Crippen molar-refractivity contribution in [3.05, 3.63) is 204 Å². The second-order valence-corrected chi connectivity index (χ2v) is 14.1. The number of aromatic nitrogens is 1. The Morgan fingerprint density at radius 1 is 0.434 bits per heavy atom.